The van der Waals surface area contributed by atoms with Gasteiger partial charge in [0.05, 0.1) is 17.0 Å². The molecule has 0 bridgehead atoms. The van der Waals surface area contributed by atoms with Crippen LogP contribution in [0.15, 0.2) is 62.2 Å². The summed E-state index contributed by atoms with van der Waals surface area (Å²) in [6.45, 7) is 0. The molecule has 0 N–H and O–H groups in total. The first-order valence-corrected chi connectivity index (χ1v) is 7.37. The zero-order valence-corrected chi connectivity index (χ0v) is 13.0. The second kappa shape index (κ2) is 6.00. The van der Waals surface area contributed by atoms with Crippen LogP contribution in [0.4, 0.5) is 0 Å². The largest absolute Gasteiger partial charge is 0.456 e. The highest BCUT2D eigenvalue weighted by molar-refractivity contribution is 9.10. The number of nitriles is 1. The maximum Gasteiger partial charge on any atom is 0.193 e. The minimum absolute atomic E-state index is 0.0815. The zero-order valence-electron chi connectivity index (χ0n) is 11.4. The molecule has 0 saturated heterocycles. The van der Waals surface area contributed by atoms with Crippen molar-refractivity contribution >= 4 is 39.1 Å². The summed E-state index contributed by atoms with van der Waals surface area (Å²) in [5.74, 6) is 0.490. The third kappa shape index (κ3) is 3.00. The van der Waals surface area contributed by atoms with Crippen LogP contribution < -0.4 is 5.43 Å². The Morgan fingerprint density at radius 3 is 2.55 bits per heavy atom. The van der Waals surface area contributed by atoms with Crippen LogP contribution in [0.25, 0.3) is 23.1 Å². The van der Waals surface area contributed by atoms with Gasteiger partial charge in [0.25, 0.3) is 0 Å². The summed E-state index contributed by atoms with van der Waals surface area (Å²) >= 11 is 3.34. The van der Waals surface area contributed by atoms with Crippen molar-refractivity contribution in [3.63, 3.8) is 0 Å². The van der Waals surface area contributed by atoms with Gasteiger partial charge in [-0.1, -0.05) is 34.1 Å². The molecular formula is C18H10BrNO2. The molecule has 2 aromatic carbocycles. The molecule has 0 aliphatic carbocycles. The number of halogens is 1. The van der Waals surface area contributed by atoms with E-state index < -0.39 is 0 Å². The van der Waals surface area contributed by atoms with Crippen LogP contribution in [-0.2, 0) is 0 Å². The molecule has 106 valence electrons. The van der Waals surface area contributed by atoms with Crippen molar-refractivity contribution in [3.8, 4) is 6.07 Å². The molecule has 3 nitrogen and oxygen atoms in total. The molecule has 0 radical (unpaired) electrons. The minimum atomic E-state index is -0.0815. The van der Waals surface area contributed by atoms with Crippen molar-refractivity contribution in [2.24, 2.45) is 0 Å². The molecule has 0 saturated carbocycles. The van der Waals surface area contributed by atoms with Crippen LogP contribution in [0.2, 0.25) is 0 Å². The first-order valence-electron chi connectivity index (χ1n) is 6.57. The van der Waals surface area contributed by atoms with E-state index in [2.05, 4.69) is 22.0 Å². The molecule has 22 heavy (non-hydrogen) atoms. The number of benzene rings is 2. The number of nitrogens with zero attached hydrogens (tertiary/aromatic N) is 1. The second-order valence-corrected chi connectivity index (χ2v) is 5.64. The Bertz CT molecular complexity index is 963. The lowest BCUT2D eigenvalue weighted by Gasteiger charge is -2.00. The van der Waals surface area contributed by atoms with Crippen LogP contribution in [0.5, 0.6) is 0 Å². The van der Waals surface area contributed by atoms with Crippen LogP contribution in [0.1, 0.15) is 16.9 Å². The Balaban J connectivity index is 1.96. The highest BCUT2D eigenvalue weighted by Gasteiger charge is 2.03. The van der Waals surface area contributed by atoms with E-state index in [-0.39, 0.29) is 5.43 Å². The lowest BCUT2D eigenvalue weighted by atomic mass is 10.1. The van der Waals surface area contributed by atoms with Gasteiger partial charge in [-0.2, -0.15) is 5.26 Å². The van der Waals surface area contributed by atoms with E-state index in [1.54, 1.807) is 30.3 Å². The highest BCUT2D eigenvalue weighted by atomic mass is 79.9. The van der Waals surface area contributed by atoms with Gasteiger partial charge in [-0.3, -0.25) is 4.79 Å². The number of fused-ring (bicyclic) bond motifs is 1. The molecule has 1 aromatic heterocycles. The van der Waals surface area contributed by atoms with E-state index in [4.69, 9.17) is 9.68 Å². The average molecular weight is 352 g/mol. The normalized spacial score (nSPS) is 10.9. The Hall–Kier alpha value is -2.64. The Morgan fingerprint density at radius 1 is 1.05 bits per heavy atom. The third-order valence-corrected chi connectivity index (χ3v) is 3.68. The van der Waals surface area contributed by atoms with Gasteiger partial charge < -0.3 is 4.42 Å². The van der Waals surface area contributed by atoms with E-state index in [0.29, 0.717) is 22.3 Å². The molecule has 0 spiro atoms. The fourth-order valence-electron chi connectivity index (χ4n) is 2.08. The molecule has 1 heterocycles. The summed E-state index contributed by atoms with van der Waals surface area (Å²) in [5.41, 5.74) is 2.01. The summed E-state index contributed by atoms with van der Waals surface area (Å²) in [6.07, 6.45) is 3.58. The molecule has 3 rings (SSSR count). The van der Waals surface area contributed by atoms with Crippen LogP contribution in [0.3, 0.4) is 0 Å². The van der Waals surface area contributed by atoms with Crippen LogP contribution >= 0.6 is 15.9 Å². The fraction of sp³-hybridized carbons (Fsp3) is 0. The van der Waals surface area contributed by atoms with Crippen molar-refractivity contribution in [1.82, 2.24) is 0 Å². The van der Waals surface area contributed by atoms with E-state index >= 15 is 0 Å². The van der Waals surface area contributed by atoms with Gasteiger partial charge in [0.15, 0.2) is 5.43 Å². The van der Waals surface area contributed by atoms with Gasteiger partial charge in [0.1, 0.15) is 11.3 Å². The third-order valence-electron chi connectivity index (χ3n) is 3.19. The van der Waals surface area contributed by atoms with Crippen LogP contribution in [-0.4, -0.2) is 0 Å². The quantitative estimate of drug-likeness (QED) is 0.677. The smallest absolute Gasteiger partial charge is 0.193 e. The molecule has 0 unspecified atom stereocenters. The molecular weight excluding hydrogens is 342 g/mol. The van der Waals surface area contributed by atoms with Crippen molar-refractivity contribution in [1.29, 1.82) is 5.26 Å². The van der Waals surface area contributed by atoms with Gasteiger partial charge in [-0.25, -0.2) is 0 Å². The van der Waals surface area contributed by atoms with E-state index in [1.807, 2.05) is 24.3 Å². The SMILES string of the molecule is N#Cc1ccc(C=Cc2cc(=O)c3cc(Br)ccc3o2)cc1. The van der Waals surface area contributed by atoms with Crippen molar-refractivity contribution in [3.05, 3.63) is 80.1 Å². The maximum absolute atomic E-state index is 12.1. The molecule has 0 aliphatic rings. The van der Waals surface area contributed by atoms with Gasteiger partial charge in [-0.15, -0.1) is 0 Å². The molecule has 4 heteroatoms. The first kappa shape index (κ1) is 14.3. The van der Waals surface area contributed by atoms with E-state index in [0.717, 1.165) is 10.0 Å². The fourth-order valence-corrected chi connectivity index (χ4v) is 2.44. The monoisotopic (exact) mass is 351 g/mol. The summed E-state index contributed by atoms with van der Waals surface area (Å²) in [4.78, 5) is 12.1. The van der Waals surface area contributed by atoms with E-state index in [9.17, 15) is 4.79 Å². The standard InChI is InChI=1S/C18H10BrNO2/c19-14-6-8-18-16(9-14)17(21)10-15(22-18)7-5-12-1-3-13(11-20)4-2-12/h1-10H. The molecule has 0 amide bonds. The predicted molar refractivity (Wildman–Crippen MR) is 90.3 cm³/mol. The summed E-state index contributed by atoms with van der Waals surface area (Å²) in [5, 5.41) is 9.31. The zero-order chi connectivity index (χ0) is 15.5. The van der Waals surface area contributed by atoms with Crippen LogP contribution in [0, 0.1) is 11.3 Å². The Labute approximate surface area is 135 Å². The average Bonchev–Trinajstić information content (AvgIpc) is 2.54. The van der Waals surface area contributed by atoms with E-state index in [1.165, 1.54) is 6.07 Å². The van der Waals surface area contributed by atoms with Gasteiger partial charge in [-0.05, 0) is 42.0 Å². The second-order valence-electron chi connectivity index (χ2n) is 4.72. The van der Waals surface area contributed by atoms with Gasteiger partial charge >= 0.3 is 0 Å². The molecule has 3 aromatic rings. The van der Waals surface area contributed by atoms with Crippen molar-refractivity contribution < 1.29 is 4.42 Å². The highest BCUT2D eigenvalue weighted by Crippen LogP contribution is 2.19. The Morgan fingerprint density at radius 2 is 1.82 bits per heavy atom. The van der Waals surface area contributed by atoms with Crippen molar-refractivity contribution in [2.75, 3.05) is 0 Å². The lowest BCUT2D eigenvalue weighted by Crippen LogP contribution is -1.99. The maximum atomic E-state index is 12.1. The number of hydrogen-bond donors (Lipinski definition) is 0. The predicted octanol–water partition coefficient (Wildman–Crippen LogP) is 4.60. The van der Waals surface area contributed by atoms with Gasteiger partial charge in [0, 0.05) is 10.5 Å². The minimum Gasteiger partial charge on any atom is -0.456 e. The molecule has 0 atom stereocenters. The lowest BCUT2D eigenvalue weighted by molar-refractivity contribution is 0.591. The molecule has 0 aliphatic heterocycles. The summed E-state index contributed by atoms with van der Waals surface area (Å²) in [7, 11) is 0. The Kier molecular flexibility index (Phi) is 3.90. The summed E-state index contributed by atoms with van der Waals surface area (Å²) in [6, 6.07) is 16.0. The topological polar surface area (TPSA) is 54.0 Å². The first-order chi connectivity index (χ1) is 10.7. The number of hydrogen-bond acceptors (Lipinski definition) is 3. The molecule has 0 fully saturated rings. The van der Waals surface area contributed by atoms with Crippen molar-refractivity contribution in [2.45, 2.75) is 0 Å². The number of rotatable bonds is 2. The van der Waals surface area contributed by atoms with Gasteiger partial charge in [0.2, 0.25) is 0 Å². The summed E-state index contributed by atoms with van der Waals surface area (Å²) < 4.78 is 6.55.